The minimum atomic E-state index is -0.190. The molecule has 0 amide bonds. The molecule has 4 atom stereocenters. The number of carbonyl (C=O) groups excluding carboxylic acids is 1. The number of piperazine rings is 2. The van der Waals surface area contributed by atoms with Crippen LogP contribution in [0.25, 0.3) is 11.3 Å². The van der Waals surface area contributed by atoms with Gasteiger partial charge in [0.1, 0.15) is 40.2 Å². The number of nitrogens with zero attached hydrogens (tertiary/aromatic N) is 10. The summed E-state index contributed by atoms with van der Waals surface area (Å²) < 4.78 is 15.4. The van der Waals surface area contributed by atoms with Gasteiger partial charge in [0.05, 0.1) is 61.2 Å². The van der Waals surface area contributed by atoms with Crippen LogP contribution in [0.4, 0.5) is 11.6 Å². The van der Waals surface area contributed by atoms with Crippen LogP contribution < -0.4 is 29.9 Å². The zero-order chi connectivity index (χ0) is 41.9. The molecule has 61 heavy (non-hydrogen) atoms. The number of anilines is 2. The van der Waals surface area contributed by atoms with Crippen molar-refractivity contribution in [2.75, 3.05) is 90.5 Å². The molecule has 4 aliphatic rings. The standard InChI is InChI=1S/C23H28N6O2.C23H30N6O/c1-27-9-11-28(12-10-27)22-7-3-6-21-26-19(15-29(21)22)17-13-16(30)14-18(25-17)23-20(31-2)5-4-8-24-23;1-27-12-14-28(15-13-27)22-10-4-9-21-26-19(16-29(21)22)17-6-3-7-18(25-17)23-20(30-2)8-5-11-24-23/h3-8,15,17-18,25H,9-14H2,1-2H3;4-5,8-11,16-18,25H,3,6-7,12-15H2,1-2H3/t;17-,18+/m.1/s1. The van der Waals surface area contributed by atoms with Gasteiger partial charge in [-0.15, -0.1) is 0 Å². The highest BCUT2D eigenvalue weighted by atomic mass is 16.5. The zero-order valence-corrected chi connectivity index (χ0v) is 35.8. The van der Waals surface area contributed by atoms with E-state index in [-0.39, 0.29) is 30.0 Å². The minimum Gasteiger partial charge on any atom is -0.495 e. The predicted octanol–water partition coefficient (Wildman–Crippen LogP) is 5.27. The Kier molecular flexibility index (Phi) is 12.1. The molecule has 2 unspecified atom stereocenters. The zero-order valence-electron chi connectivity index (χ0n) is 35.8. The molecule has 0 saturated carbocycles. The summed E-state index contributed by atoms with van der Waals surface area (Å²) in [5, 5.41) is 7.39. The van der Waals surface area contributed by atoms with Crippen LogP contribution in [0.5, 0.6) is 11.5 Å². The maximum absolute atomic E-state index is 12.6. The highest BCUT2D eigenvalue weighted by Crippen LogP contribution is 2.36. The van der Waals surface area contributed by atoms with E-state index in [0.717, 1.165) is 117 Å². The van der Waals surface area contributed by atoms with E-state index in [1.807, 2.05) is 36.5 Å². The summed E-state index contributed by atoms with van der Waals surface area (Å²) in [7, 11) is 7.69. The quantitative estimate of drug-likeness (QED) is 0.207. The van der Waals surface area contributed by atoms with Crippen LogP contribution in [0.3, 0.4) is 0 Å². The van der Waals surface area contributed by atoms with Gasteiger partial charge in [0.2, 0.25) is 0 Å². The van der Waals surface area contributed by atoms with Crippen molar-refractivity contribution in [2.45, 2.75) is 56.3 Å². The SMILES string of the molecule is COc1cccnc1C1CC(=O)CC(c2cn3c(N4CCN(C)CC4)cccc3n2)N1.COc1cccnc1[C@@H]1CCC[C@H](c2cn3c(N4CCN(C)CC4)cccc3n2)N1. The third-order valence-electron chi connectivity index (χ3n) is 12.7. The van der Waals surface area contributed by atoms with Gasteiger partial charge in [-0.1, -0.05) is 12.1 Å². The second-order valence-electron chi connectivity index (χ2n) is 16.7. The number of hydrogen-bond acceptors (Lipinski definition) is 13. The lowest BCUT2D eigenvalue weighted by molar-refractivity contribution is -0.121. The number of fused-ring (bicyclic) bond motifs is 2. The summed E-state index contributed by atoms with van der Waals surface area (Å²) in [5.41, 5.74) is 5.67. The Hall–Kier alpha value is -5.61. The molecule has 0 aliphatic carbocycles. The average Bonchev–Trinajstić information content (AvgIpc) is 3.95. The fourth-order valence-corrected chi connectivity index (χ4v) is 9.28. The van der Waals surface area contributed by atoms with Gasteiger partial charge in [0, 0.05) is 90.0 Å². The molecule has 320 valence electrons. The number of hydrogen-bond donors (Lipinski definition) is 2. The molecule has 0 aromatic carbocycles. The molecule has 0 spiro atoms. The van der Waals surface area contributed by atoms with Crippen molar-refractivity contribution in [3.8, 4) is 11.5 Å². The lowest BCUT2D eigenvalue weighted by Crippen LogP contribution is -2.45. The van der Waals surface area contributed by atoms with E-state index in [1.54, 1.807) is 20.4 Å². The lowest BCUT2D eigenvalue weighted by atomic mass is 9.93. The molecule has 4 saturated heterocycles. The van der Waals surface area contributed by atoms with Crippen molar-refractivity contribution < 1.29 is 14.3 Å². The van der Waals surface area contributed by atoms with Crippen molar-refractivity contribution in [2.24, 2.45) is 0 Å². The maximum atomic E-state index is 12.6. The van der Waals surface area contributed by atoms with Gasteiger partial charge >= 0.3 is 0 Å². The number of methoxy groups -OCH3 is 2. The van der Waals surface area contributed by atoms with Crippen LogP contribution in [-0.4, -0.2) is 125 Å². The number of piperidine rings is 2. The Morgan fingerprint density at radius 3 is 1.59 bits per heavy atom. The maximum Gasteiger partial charge on any atom is 0.141 e. The van der Waals surface area contributed by atoms with Crippen LogP contribution in [0, 0.1) is 0 Å². The molecule has 15 heteroatoms. The molecule has 0 bridgehead atoms. The molecule has 10 heterocycles. The van der Waals surface area contributed by atoms with E-state index < -0.39 is 0 Å². The van der Waals surface area contributed by atoms with Gasteiger partial charge in [-0.25, -0.2) is 9.97 Å². The van der Waals surface area contributed by atoms with Crippen LogP contribution in [0.15, 0.2) is 85.5 Å². The lowest BCUT2D eigenvalue weighted by Gasteiger charge is -2.34. The second-order valence-corrected chi connectivity index (χ2v) is 16.7. The van der Waals surface area contributed by atoms with Gasteiger partial charge in [0.25, 0.3) is 0 Å². The monoisotopic (exact) mass is 826 g/mol. The number of aromatic nitrogens is 6. The minimum absolute atomic E-state index is 0.154. The van der Waals surface area contributed by atoms with E-state index in [0.29, 0.717) is 18.6 Å². The Labute approximate surface area is 357 Å². The highest BCUT2D eigenvalue weighted by molar-refractivity contribution is 5.81. The third kappa shape index (κ3) is 8.78. The largest absolute Gasteiger partial charge is 0.495 e. The normalized spacial score (nSPS) is 22.9. The average molecular weight is 827 g/mol. The topological polar surface area (TPSA) is 133 Å². The highest BCUT2D eigenvalue weighted by Gasteiger charge is 2.33. The van der Waals surface area contributed by atoms with E-state index in [4.69, 9.17) is 19.4 Å². The number of likely N-dealkylation sites (N-methyl/N-ethyl adjacent to an activating group) is 2. The predicted molar refractivity (Wildman–Crippen MR) is 237 cm³/mol. The smallest absolute Gasteiger partial charge is 0.141 e. The Morgan fingerprint density at radius 1 is 0.574 bits per heavy atom. The Balaban J connectivity index is 0.000000156. The number of ketones is 1. The molecule has 6 aromatic heterocycles. The number of imidazole rings is 2. The van der Waals surface area contributed by atoms with E-state index in [9.17, 15) is 4.79 Å². The molecular formula is C46H58N12O3. The number of rotatable bonds is 8. The van der Waals surface area contributed by atoms with Gasteiger partial charge < -0.3 is 34.4 Å². The summed E-state index contributed by atoms with van der Waals surface area (Å²) >= 11 is 0. The van der Waals surface area contributed by atoms with Gasteiger partial charge in [-0.2, -0.15) is 0 Å². The first kappa shape index (κ1) is 40.8. The molecule has 10 rings (SSSR count). The number of carbonyl (C=O) groups is 1. The summed E-state index contributed by atoms with van der Waals surface area (Å²) in [6.07, 6.45) is 12.0. The first-order chi connectivity index (χ1) is 29.8. The van der Waals surface area contributed by atoms with E-state index in [2.05, 4.69) is 106 Å². The summed E-state index contributed by atoms with van der Waals surface area (Å²) in [6, 6.07) is 20.3. The summed E-state index contributed by atoms with van der Waals surface area (Å²) in [6.45, 7) is 8.36. The molecule has 6 aromatic rings. The van der Waals surface area contributed by atoms with Crippen LogP contribution in [-0.2, 0) is 4.79 Å². The molecule has 0 radical (unpaired) electrons. The number of pyridine rings is 4. The molecule has 4 fully saturated rings. The van der Waals surface area contributed by atoms with Crippen LogP contribution >= 0.6 is 0 Å². The fraction of sp³-hybridized carbons (Fsp3) is 0.457. The number of Topliss-reactive ketones (excluding diaryl/α,β-unsaturated/α-hetero) is 1. The van der Waals surface area contributed by atoms with Crippen molar-refractivity contribution >= 4 is 28.7 Å². The summed E-state index contributed by atoms with van der Waals surface area (Å²) in [4.78, 5) is 41.2. The first-order valence-corrected chi connectivity index (χ1v) is 21.7. The molecule has 2 N–H and O–H groups in total. The summed E-state index contributed by atoms with van der Waals surface area (Å²) in [5.74, 6) is 4.13. The van der Waals surface area contributed by atoms with Crippen molar-refractivity contribution in [1.82, 2.24) is 49.2 Å². The van der Waals surface area contributed by atoms with E-state index in [1.165, 1.54) is 5.82 Å². The molecular weight excluding hydrogens is 769 g/mol. The Morgan fingerprint density at radius 2 is 1.05 bits per heavy atom. The third-order valence-corrected chi connectivity index (χ3v) is 12.7. The first-order valence-electron chi connectivity index (χ1n) is 21.7. The second kappa shape index (κ2) is 18.2. The van der Waals surface area contributed by atoms with Crippen LogP contribution in [0.2, 0.25) is 0 Å². The van der Waals surface area contributed by atoms with Crippen molar-refractivity contribution in [3.63, 3.8) is 0 Å². The number of nitrogens with one attached hydrogen (secondary N) is 2. The van der Waals surface area contributed by atoms with Gasteiger partial charge in [-0.3, -0.25) is 28.9 Å². The van der Waals surface area contributed by atoms with Gasteiger partial charge in [0.15, 0.2) is 0 Å². The van der Waals surface area contributed by atoms with Crippen molar-refractivity contribution in [3.05, 3.63) is 108 Å². The molecule has 15 nitrogen and oxygen atoms in total. The van der Waals surface area contributed by atoms with E-state index >= 15 is 0 Å². The Bertz CT molecular complexity index is 2440. The molecule has 4 aliphatic heterocycles. The van der Waals surface area contributed by atoms with Crippen molar-refractivity contribution in [1.29, 1.82) is 0 Å². The number of ether oxygens (including phenoxy) is 2. The van der Waals surface area contributed by atoms with Gasteiger partial charge in [-0.05, 0) is 81.9 Å². The van der Waals surface area contributed by atoms with Crippen LogP contribution in [0.1, 0.15) is 79.0 Å². The fourth-order valence-electron chi connectivity index (χ4n) is 9.28.